The summed E-state index contributed by atoms with van der Waals surface area (Å²) in [6.45, 7) is 5.81. The number of halogens is 1. The number of hydrogen-bond donors (Lipinski definition) is 2. The third kappa shape index (κ3) is 6.30. The minimum atomic E-state index is -0.505. The van der Waals surface area contributed by atoms with E-state index in [1.54, 1.807) is 32.9 Å². The Labute approximate surface area is 123 Å². The number of aromatic nitrogens is 1. The molecule has 0 atom stereocenters. The molecule has 0 aliphatic heterocycles. The molecule has 0 bridgehead atoms. The number of anilines is 1. The second-order valence-electron chi connectivity index (χ2n) is 5.05. The second kappa shape index (κ2) is 7.01. The molecule has 1 rings (SSSR count). The van der Waals surface area contributed by atoms with Gasteiger partial charge in [-0.15, -0.1) is 0 Å². The zero-order valence-corrected chi connectivity index (χ0v) is 12.5. The molecule has 0 aromatic carbocycles. The summed E-state index contributed by atoms with van der Waals surface area (Å²) in [5, 5.41) is 2.95. The van der Waals surface area contributed by atoms with Crippen LogP contribution in [0.25, 0.3) is 0 Å². The molecule has 0 spiro atoms. The number of nitrogens with zero attached hydrogens (tertiary/aromatic N) is 1. The van der Waals surface area contributed by atoms with E-state index in [1.165, 1.54) is 0 Å². The van der Waals surface area contributed by atoms with Crippen molar-refractivity contribution in [3.63, 3.8) is 0 Å². The number of amides is 1. The van der Waals surface area contributed by atoms with Crippen LogP contribution >= 0.6 is 11.6 Å². The molecule has 0 aliphatic rings. The second-order valence-corrected chi connectivity index (χ2v) is 5.44. The third-order valence-corrected chi connectivity index (χ3v) is 2.23. The van der Waals surface area contributed by atoms with Gasteiger partial charge in [-0.05, 0) is 38.8 Å². The van der Waals surface area contributed by atoms with Crippen molar-refractivity contribution in [3.05, 3.63) is 23.0 Å². The predicted molar refractivity (Wildman–Crippen MR) is 79.4 cm³/mol. The van der Waals surface area contributed by atoms with Crippen molar-refractivity contribution in [2.24, 2.45) is 0 Å². The third-order valence-electron chi connectivity index (χ3n) is 2.02. The van der Waals surface area contributed by atoms with Gasteiger partial charge in [-0.2, -0.15) is 0 Å². The summed E-state index contributed by atoms with van der Waals surface area (Å²) < 4.78 is 5.09. The molecule has 0 aliphatic carbocycles. The van der Waals surface area contributed by atoms with E-state index in [0.29, 0.717) is 29.5 Å². The lowest BCUT2D eigenvalue weighted by atomic mass is 10.2. The molecule has 5 nitrogen and oxygen atoms in total. The summed E-state index contributed by atoms with van der Waals surface area (Å²) in [7, 11) is 0. The number of hydrogen-bond acceptors (Lipinski definition) is 4. The van der Waals surface area contributed by atoms with E-state index in [9.17, 15) is 4.79 Å². The number of carbonyl (C=O) groups is 1. The number of rotatable bonds is 2. The highest BCUT2D eigenvalue weighted by molar-refractivity contribution is 6.29. The average molecular weight is 296 g/mol. The molecule has 6 heteroatoms. The topological polar surface area (TPSA) is 77.2 Å². The van der Waals surface area contributed by atoms with Crippen LogP contribution in [0.15, 0.2) is 12.1 Å². The Morgan fingerprint density at radius 2 is 2.20 bits per heavy atom. The molecule has 20 heavy (non-hydrogen) atoms. The number of pyridine rings is 1. The molecule has 3 N–H and O–H groups in total. The van der Waals surface area contributed by atoms with Gasteiger partial charge in [0.25, 0.3) is 0 Å². The van der Waals surface area contributed by atoms with Gasteiger partial charge in [0.2, 0.25) is 0 Å². The highest BCUT2D eigenvalue weighted by atomic mass is 35.5. The largest absolute Gasteiger partial charge is 0.444 e. The first-order valence-electron chi connectivity index (χ1n) is 6.16. The van der Waals surface area contributed by atoms with E-state index in [0.717, 1.165) is 0 Å². The van der Waals surface area contributed by atoms with Gasteiger partial charge in [-0.3, -0.25) is 0 Å². The molecular weight excluding hydrogens is 278 g/mol. The summed E-state index contributed by atoms with van der Waals surface area (Å²) in [5.74, 6) is 5.68. The maximum Gasteiger partial charge on any atom is 0.407 e. The maximum atomic E-state index is 11.4. The fraction of sp³-hybridized carbons (Fsp3) is 0.429. The number of nitrogens with one attached hydrogen (secondary N) is 1. The highest BCUT2D eigenvalue weighted by Gasteiger charge is 2.15. The quantitative estimate of drug-likeness (QED) is 0.499. The van der Waals surface area contributed by atoms with Gasteiger partial charge in [0.1, 0.15) is 16.4 Å². The van der Waals surface area contributed by atoms with Crippen molar-refractivity contribution in [1.82, 2.24) is 10.3 Å². The van der Waals surface area contributed by atoms with E-state index in [4.69, 9.17) is 22.1 Å². The first kappa shape index (κ1) is 16.1. The van der Waals surface area contributed by atoms with Gasteiger partial charge in [-0.1, -0.05) is 17.5 Å². The van der Waals surface area contributed by atoms with E-state index >= 15 is 0 Å². The lowest BCUT2D eigenvalue weighted by Crippen LogP contribution is -2.32. The maximum absolute atomic E-state index is 11.4. The number of nitrogens with two attached hydrogens (primary N) is 1. The first-order valence-corrected chi connectivity index (χ1v) is 6.53. The number of carbonyl (C=O) groups excluding carboxylic acids is 1. The minimum absolute atomic E-state index is 0.343. The van der Waals surface area contributed by atoms with Crippen LogP contribution in [0.3, 0.4) is 0 Å². The molecule has 1 aromatic heterocycles. The van der Waals surface area contributed by atoms with Crippen LogP contribution in [0.2, 0.25) is 5.15 Å². The van der Waals surface area contributed by atoms with E-state index < -0.39 is 11.7 Å². The summed E-state index contributed by atoms with van der Waals surface area (Å²) in [4.78, 5) is 15.4. The molecule has 0 fully saturated rings. The minimum Gasteiger partial charge on any atom is -0.444 e. The molecule has 108 valence electrons. The van der Waals surface area contributed by atoms with Crippen molar-refractivity contribution in [2.45, 2.75) is 32.8 Å². The molecular formula is C14H18ClN3O2. The molecule has 1 heterocycles. The number of alkyl carbamates (subject to hydrolysis) is 1. The smallest absolute Gasteiger partial charge is 0.407 e. The lowest BCUT2D eigenvalue weighted by Gasteiger charge is -2.19. The van der Waals surface area contributed by atoms with E-state index in [2.05, 4.69) is 22.1 Å². The van der Waals surface area contributed by atoms with Crippen LogP contribution in [-0.4, -0.2) is 23.2 Å². The number of ether oxygens (including phenoxy) is 1. The summed E-state index contributed by atoms with van der Waals surface area (Å²) in [6.07, 6.45) is 0.00654. The van der Waals surface area contributed by atoms with Gasteiger partial charge in [-0.25, -0.2) is 9.78 Å². The zero-order chi connectivity index (χ0) is 15.2. The fourth-order valence-corrected chi connectivity index (χ4v) is 1.38. The molecule has 0 saturated heterocycles. The molecule has 0 saturated carbocycles. The Bertz CT molecular complexity index is 542. The van der Waals surface area contributed by atoms with Crippen LogP contribution in [0.1, 0.15) is 32.9 Å². The Morgan fingerprint density at radius 3 is 2.85 bits per heavy atom. The standard InChI is InChI=1S/C14H18ClN3O2/c1-14(2,3)20-13(19)17-9-5-4-6-11-10(16)7-8-12(15)18-11/h7-8H,5,9,16H2,1-3H3,(H,17,19). The van der Waals surface area contributed by atoms with Crippen molar-refractivity contribution < 1.29 is 9.53 Å². The Balaban J connectivity index is 2.40. The first-order chi connectivity index (χ1) is 9.28. The van der Waals surface area contributed by atoms with Gasteiger partial charge >= 0.3 is 6.09 Å². The summed E-state index contributed by atoms with van der Waals surface area (Å²) in [5.41, 5.74) is 6.12. The van der Waals surface area contributed by atoms with Crippen molar-refractivity contribution >= 4 is 23.4 Å². The molecule has 1 amide bonds. The fourth-order valence-electron chi connectivity index (χ4n) is 1.23. The molecule has 0 radical (unpaired) electrons. The number of nitrogen functional groups attached to an aromatic ring is 1. The van der Waals surface area contributed by atoms with Crippen LogP contribution in [0.4, 0.5) is 10.5 Å². The Morgan fingerprint density at radius 1 is 1.50 bits per heavy atom. The van der Waals surface area contributed by atoms with Crippen LogP contribution in [0, 0.1) is 11.8 Å². The van der Waals surface area contributed by atoms with E-state index in [-0.39, 0.29) is 0 Å². The van der Waals surface area contributed by atoms with E-state index in [1.807, 2.05) is 0 Å². The van der Waals surface area contributed by atoms with Gasteiger partial charge in [0.15, 0.2) is 0 Å². The molecule has 1 aromatic rings. The summed E-state index contributed by atoms with van der Waals surface area (Å²) in [6, 6.07) is 3.25. The zero-order valence-electron chi connectivity index (χ0n) is 11.8. The van der Waals surface area contributed by atoms with Crippen molar-refractivity contribution in [1.29, 1.82) is 0 Å². The Hall–Kier alpha value is -1.93. The average Bonchev–Trinajstić information content (AvgIpc) is 2.30. The Kier molecular flexibility index (Phi) is 5.66. The van der Waals surface area contributed by atoms with Crippen molar-refractivity contribution in [2.75, 3.05) is 12.3 Å². The summed E-state index contributed by atoms with van der Waals surface area (Å²) >= 11 is 5.75. The molecule has 0 unspecified atom stereocenters. The van der Waals surface area contributed by atoms with Crippen LogP contribution in [-0.2, 0) is 4.74 Å². The SMILES string of the molecule is CC(C)(C)OC(=O)NCCC#Cc1nc(Cl)ccc1N. The van der Waals surface area contributed by atoms with Gasteiger partial charge < -0.3 is 15.8 Å². The highest BCUT2D eigenvalue weighted by Crippen LogP contribution is 2.11. The van der Waals surface area contributed by atoms with Crippen LogP contribution < -0.4 is 11.1 Å². The normalized spacial score (nSPS) is 10.4. The monoisotopic (exact) mass is 295 g/mol. The van der Waals surface area contributed by atoms with Crippen LogP contribution in [0.5, 0.6) is 0 Å². The van der Waals surface area contributed by atoms with Crippen molar-refractivity contribution in [3.8, 4) is 11.8 Å². The van der Waals surface area contributed by atoms with Gasteiger partial charge in [0.05, 0.1) is 5.69 Å². The van der Waals surface area contributed by atoms with Gasteiger partial charge in [0, 0.05) is 13.0 Å². The lowest BCUT2D eigenvalue weighted by molar-refractivity contribution is 0.0529. The predicted octanol–water partition coefficient (Wildman–Crippen LogP) is 2.58.